The number of aliphatic imine (C=N–C) groups is 1. The molecule has 1 aliphatic carbocycles. The van der Waals surface area contributed by atoms with Crippen LogP contribution in [0.5, 0.6) is 5.75 Å². The molecule has 0 spiro atoms. The van der Waals surface area contributed by atoms with E-state index in [9.17, 15) is 5.11 Å². The Hall–Kier alpha value is -7.80. The maximum atomic E-state index is 11.1. The zero-order chi connectivity index (χ0) is 44.9. The number of benzene rings is 8. The molecule has 10 aromatic rings. The first-order chi connectivity index (χ1) is 31.7. The Kier molecular flexibility index (Phi) is 12.4. The lowest BCUT2D eigenvalue weighted by atomic mass is 9.91. The summed E-state index contributed by atoms with van der Waals surface area (Å²) in [6, 6.07) is 60.7. The molecule has 2 heterocycles. The van der Waals surface area contributed by atoms with Gasteiger partial charge in [0.15, 0.2) is 0 Å². The summed E-state index contributed by atoms with van der Waals surface area (Å²) < 4.78 is 8.80. The number of nitrogens with one attached hydrogen (secondary N) is 1. The quantitative estimate of drug-likeness (QED) is 0.110. The summed E-state index contributed by atoms with van der Waals surface area (Å²) in [4.78, 5) is 4.27. The van der Waals surface area contributed by atoms with Gasteiger partial charge in [0.05, 0.1) is 6.04 Å². The highest BCUT2D eigenvalue weighted by molar-refractivity contribution is 7.25. The molecule has 0 bridgehead atoms. The number of nitrogens with two attached hydrogens (primary N) is 1. The number of phenols is 1. The summed E-state index contributed by atoms with van der Waals surface area (Å²) in [6.07, 6.45) is 8.02. The monoisotopic (exact) mass is 863 g/mol. The van der Waals surface area contributed by atoms with E-state index >= 15 is 0 Å². The van der Waals surface area contributed by atoms with E-state index in [1.165, 1.54) is 42.4 Å². The number of hydrogen-bond acceptors (Lipinski definition) is 5. The van der Waals surface area contributed by atoms with E-state index in [0.29, 0.717) is 0 Å². The highest BCUT2D eigenvalue weighted by Crippen LogP contribution is 2.43. The molecule has 0 aliphatic heterocycles. The van der Waals surface area contributed by atoms with Gasteiger partial charge in [0.25, 0.3) is 0 Å². The zero-order valence-corrected chi connectivity index (χ0v) is 37.3. The molecule has 0 amide bonds. The van der Waals surface area contributed by atoms with E-state index in [4.69, 9.17) is 15.6 Å². The smallest absolute Gasteiger partial charge is 0.135 e. The van der Waals surface area contributed by atoms with Gasteiger partial charge in [-0.1, -0.05) is 163 Å². The van der Waals surface area contributed by atoms with Crippen molar-refractivity contribution >= 4 is 66.0 Å². The lowest BCUT2D eigenvalue weighted by Gasteiger charge is -2.13. The summed E-state index contributed by atoms with van der Waals surface area (Å²) >= 11 is 1.83. The minimum atomic E-state index is -0.0532. The number of nitrogens with zero attached hydrogens (tertiary/aromatic N) is 1. The topological polar surface area (TPSA) is 95.6 Å². The Morgan fingerprint density at radius 2 is 1.32 bits per heavy atom. The Labute approximate surface area is 383 Å². The third-order valence-electron chi connectivity index (χ3n) is 11.9. The molecular weight excluding hydrogens is 815 g/mol. The van der Waals surface area contributed by atoms with Gasteiger partial charge in [-0.05, 0) is 114 Å². The van der Waals surface area contributed by atoms with Gasteiger partial charge in [-0.15, -0.1) is 11.3 Å². The molecule has 318 valence electrons. The molecule has 2 aromatic heterocycles. The minimum Gasteiger partial charge on any atom is -0.507 e. The predicted molar refractivity (Wildman–Crippen MR) is 278 cm³/mol. The maximum Gasteiger partial charge on any atom is 0.135 e. The number of fused-ring (bicyclic) bond motifs is 6. The minimum absolute atomic E-state index is 0.0532. The number of phenolic OH excluding ortho intramolecular Hbond substituents is 1. The first-order valence-electron chi connectivity index (χ1n) is 21.8. The molecule has 0 saturated heterocycles. The fourth-order valence-electron chi connectivity index (χ4n) is 8.56. The van der Waals surface area contributed by atoms with Crippen molar-refractivity contribution in [2.75, 3.05) is 0 Å². The first-order valence-corrected chi connectivity index (χ1v) is 22.7. The van der Waals surface area contributed by atoms with Crippen LogP contribution in [0.4, 0.5) is 0 Å². The van der Waals surface area contributed by atoms with Gasteiger partial charge in [0.2, 0.25) is 0 Å². The second-order valence-corrected chi connectivity index (χ2v) is 17.4. The average Bonchev–Trinajstić information content (AvgIpc) is 3.92. The maximum absolute atomic E-state index is 11.1. The zero-order valence-electron chi connectivity index (χ0n) is 36.5. The second kappa shape index (κ2) is 18.9. The molecule has 0 radical (unpaired) electrons. The van der Waals surface area contributed by atoms with Crippen molar-refractivity contribution in [2.45, 2.75) is 32.7 Å². The Bertz CT molecular complexity index is 3410. The van der Waals surface area contributed by atoms with Crippen LogP contribution >= 0.6 is 11.3 Å². The molecule has 11 rings (SSSR count). The third kappa shape index (κ3) is 9.03. The van der Waals surface area contributed by atoms with Crippen LogP contribution in [0.15, 0.2) is 209 Å². The summed E-state index contributed by atoms with van der Waals surface area (Å²) in [5, 5.41) is 22.9. The Morgan fingerprint density at radius 3 is 2.08 bits per heavy atom. The molecule has 1 atom stereocenters. The van der Waals surface area contributed by atoms with Gasteiger partial charge < -0.3 is 15.3 Å². The van der Waals surface area contributed by atoms with E-state index in [-0.39, 0.29) is 17.6 Å². The number of hydrogen-bond donors (Lipinski definition) is 3. The normalized spacial score (nSPS) is 12.6. The van der Waals surface area contributed by atoms with Gasteiger partial charge >= 0.3 is 0 Å². The number of aromatic hydroxyl groups is 1. The van der Waals surface area contributed by atoms with Gasteiger partial charge in [-0.2, -0.15) is 0 Å². The van der Waals surface area contributed by atoms with Gasteiger partial charge in [-0.3, -0.25) is 10.4 Å². The molecule has 0 saturated carbocycles. The van der Waals surface area contributed by atoms with Gasteiger partial charge in [-0.25, -0.2) is 0 Å². The number of aryl methyl sites for hydroxylation is 1. The number of rotatable bonds is 7. The summed E-state index contributed by atoms with van der Waals surface area (Å²) in [5.41, 5.74) is 18.8. The standard InChI is InChI=1S/C39H27NO2S.C13H12.C7H10N2/c1-23(40-2)28-8-6-11-35-39(28)32-21-27(18-20-34(32)42-35)29-9-5-10-33(41)38(29)25-15-13-24(14-16-25)26-17-19-31-30-7-3-4-12-36(30)43-37(31)22-26;1-11-6-5-9-13(10-11)12-7-3-2-4-8-12;8-7(9)6-4-2-1-3-5-6/h3-23,41H,2H2,1H3;2-10H,1H3;2,4-5H,1,3H2,(H3,8,9). The van der Waals surface area contributed by atoms with Crippen LogP contribution in [0.1, 0.15) is 36.9 Å². The first kappa shape index (κ1) is 42.5. The van der Waals surface area contributed by atoms with Gasteiger partial charge in [0.1, 0.15) is 22.8 Å². The molecular formula is C59H49N3O2S. The van der Waals surface area contributed by atoms with Crippen molar-refractivity contribution in [1.82, 2.24) is 0 Å². The van der Waals surface area contributed by atoms with Crippen LogP contribution in [0, 0.1) is 12.3 Å². The van der Waals surface area contributed by atoms with Crippen molar-refractivity contribution in [2.24, 2.45) is 10.7 Å². The lowest BCUT2D eigenvalue weighted by Crippen LogP contribution is -2.12. The second-order valence-electron chi connectivity index (χ2n) is 16.3. The summed E-state index contributed by atoms with van der Waals surface area (Å²) in [7, 11) is 0. The molecule has 8 aromatic carbocycles. The number of allylic oxidation sites excluding steroid dienone is 2. The molecule has 65 heavy (non-hydrogen) atoms. The third-order valence-corrected chi connectivity index (χ3v) is 13.1. The van der Waals surface area contributed by atoms with Crippen LogP contribution in [0.25, 0.3) is 86.6 Å². The molecule has 1 aliphatic rings. The van der Waals surface area contributed by atoms with Crippen molar-refractivity contribution < 1.29 is 9.52 Å². The van der Waals surface area contributed by atoms with E-state index in [0.717, 1.165) is 73.7 Å². The molecule has 0 fully saturated rings. The van der Waals surface area contributed by atoms with Crippen LogP contribution in [-0.2, 0) is 0 Å². The van der Waals surface area contributed by atoms with E-state index in [1.54, 1.807) is 6.07 Å². The van der Waals surface area contributed by atoms with Crippen LogP contribution in [0.3, 0.4) is 0 Å². The Morgan fingerprint density at radius 1 is 0.646 bits per heavy atom. The molecule has 4 N–H and O–H groups in total. The van der Waals surface area contributed by atoms with Crippen LogP contribution in [-0.4, -0.2) is 17.7 Å². The Balaban J connectivity index is 0.000000197. The fourth-order valence-corrected chi connectivity index (χ4v) is 9.70. The summed E-state index contributed by atoms with van der Waals surface area (Å²) in [5.74, 6) is 0.421. The highest BCUT2D eigenvalue weighted by atomic mass is 32.1. The lowest BCUT2D eigenvalue weighted by molar-refractivity contribution is 0.477. The van der Waals surface area contributed by atoms with E-state index < -0.39 is 0 Å². The number of amidine groups is 1. The van der Waals surface area contributed by atoms with E-state index in [1.807, 2.05) is 66.8 Å². The largest absolute Gasteiger partial charge is 0.507 e. The molecule has 6 heteroatoms. The van der Waals surface area contributed by atoms with Crippen LogP contribution < -0.4 is 5.73 Å². The summed E-state index contributed by atoms with van der Waals surface area (Å²) in [6.45, 7) is 7.93. The van der Waals surface area contributed by atoms with E-state index in [2.05, 4.69) is 158 Å². The van der Waals surface area contributed by atoms with Crippen molar-refractivity contribution in [3.05, 3.63) is 211 Å². The SMILES string of the molecule is C=NC(C)c1cccc2oc3ccc(-c4cccc(O)c4-c4ccc(-c5ccc6c(c5)sc5ccccc56)cc4)cc3c12.Cc1cccc(-c2ccccc2)c1.N=C(N)C1=CCCC=C1. The van der Waals surface area contributed by atoms with Crippen LogP contribution in [0.2, 0.25) is 0 Å². The van der Waals surface area contributed by atoms with Crippen molar-refractivity contribution in [3.8, 4) is 50.3 Å². The fraction of sp³-hybridized carbons (Fsp3) is 0.0847. The average molecular weight is 864 g/mol. The highest BCUT2D eigenvalue weighted by Gasteiger charge is 2.18. The number of thiophene rings is 1. The van der Waals surface area contributed by atoms with Gasteiger partial charge in [0, 0.05) is 42.1 Å². The molecule has 5 nitrogen and oxygen atoms in total. The molecule has 1 unspecified atom stereocenters. The van der Waals surface area contributed by atoms with Crippen molar-refractivity contribution in [1.29, 1.82) is 5.41 Å². The van der Waals surface area contributed by atoms with Crippen molar-refractivity contribution in [3.63, 3.8) is 0 Å². The number of furan rings is 1. The predicted octanol–water partition coefficient (Wildman–Crippen LogP) is 16.3.